The number of nitrogens with one attached hydrogen (secondary N) is 2. The van der Waals surface area contributed by atoms with Gasteiger partial charge in [-0.05, 0) is 23.5 Å². The van der Waals surface area contributed by atoms with E-state index in [4.69, 9.17) is 14.9 Å². The Labute approximate surface area is 221 Å². The molecule has 0 aliphatic carbocycles. The number of hydrogen-bond donors (Lipinski definition) is 2. The molecule has 2 heterocycles. The molecular formula is C26H45N7O2S. The lowest BCUT2D eigenvalue weighted by molar-refractivity contribution is 0.135. The smallest absolute Gasteiger partial charge is 0.288 e. The summed E-state index contributed by atoms with van der Waals surface area (Å²) in [5.74, 6) is 1.98. The van der Waals surface area contributed by atoms with Crippen LogP contribution in [0.2, 0.25) is 0 Å². The van der Waals surface area contributed by atoms with Crippen LogP contribution in [0.5, 0.6) is 0 Å². The molecule has 0 aromatic rings. The van der Waals surface area contributed by atoms with Gasteiger partial charge in [0, 0.05) is 58.3 Å². The van der Waals surface area contributed by atoms with E-state index in [1.54, 1.807) is 18.1 Å². The number of hydrazone groups is 1. The van der Waals surface area contributed by atoms with E-state index in [0.717, 1.165) is 62.3 Å². The van der Waals surface area contributed by atoms with Crippen molar-refractivity contribution in [3.05, 3.63) is 29.6 Å². The maximum absolute atomic E-state index is 8.33. The van der Waals surface area contributed by atoms with Gasteiger partial charge in [-0.3, -0.25) is 10.3 Å². The minimum atomic E-state index is 0.142. The van der Waals surface area contributed by atoms with Crippen LogP contribution in [0.1, 0.15) is 41.0 Å². The van der Waals surface area contributed by atoms with Crippen LogP contribution in [-0.2, 0) is 9.47 Å². The van der Waals surface area contributed by atoms with Gasteiger partial charge in [0.15, 0.2) is 5.84 Å². The van der Waals surface area contributed by atoms with Gasteiger partial charge < -0.3 is 24.7 Å². The molecule has 1 saturated heterocycles. The first kappa shape index (κ1) is 30.0. The monoisotopic (exact) mass is 519 g/mol. The highest BCUT2D eigenvalue weighted by molar-refractivity contribution is 8.03. The van der Waals surface area contributed by atoms with Gasteiger partial charge in [-0.2, -0.15) is 5.10 Å². The van der Waals surface area contributed by atoms with E-state index in [0.29, 0.717) is 25.6 Å². The summed E-state index contributed by atoms with van der Waals surface area (Å²) in [5, 5.41) is 12.6. The Kier molecular flexibility index (Phi) is 13.1. The molecular weight excluding hydrogens is 474 g/mol. The van der Waals surface area contributed by atoms with E-state index in [-0.39, 0.29) is 11.4 Å². The van der Waals surface area contributed by atoms with Gasteiger partial charge >= 0.3 is 0 Å². The zero-order valence-electron chi connectivity index (χ0n) is 22.8. The van der Waals surface area contributed by atoms with Crippen molar-refractivity contribution in [2.75, 3.05) is 64.8 Å². The van der Waals surface area contributed by atoms with Crippen molar-refractivity contribution in [1.29, 1.82) is 5.41 Å². The predicted molar refractivity (Wildman–Crippen MR) is 151 cm³/mol. The van der Waals surface area contributed by atoms with Gasteiger partial charge in [0.2, 0.25) is 0 Å². The molecule has 1 atom stereocenters. The second kappa shape index (κ2) is 15.8. The number of thioether (sulfide) groups is 1. The summed E-state index contributed by atoms with van der Waals surface area (Å²) >= 11 is 1.64. The number of hydrogen-bond acceptors (Lipinski definition) is 7. The normalized spacial score (nSPS) is 18.6. The average Bonchev–Trinajstić information content (AvgIpc) is 3.14. The van der Waals surface area contributed by atoms with Crippen LogP contribution < -0.4 is 5.43 Å². The van der Waals surface area contributed by atoms with E-state index in [9.17, 15) is 0 Å². The van der Waals surface area contributed by atoms with Gasteiger partial charge in [-0.1, -0.05) is 41.2 Å². The maximum atomic E-state index is 8.33. The van der Waals surface area contributed by atoms with Crippen molar-refractivity contribution in [3.8, 4) is 0 Å². The van der Waals surface area contributed by atoms with Crippen LogP contribution in [0.3, 0.4) is 0 Å². The average molecular weight is 520 g/mol. The standard InChI is InChI=1S/C26H45N7O2S/c1-7-23(36-8-2)24(28-21-30-29-10-12-31-11-9-18-34-19-17-31)32-13-15-33(16-14-32)25(27)35-20-22(3)26(4,5)6/h13,15,21-22,27,29H,1,8-12,14,16-20H2,2-6H3/b27-25?,28-24?,30-21-. The van der Waals surface area contributed by atoms with Crippen LogP contribution >= 0.6 is 11.8 Å². The lowest BCUT2D eigenvalue weighted by atomic mass is 9.83. The molecule has 202 valence electrons. The summed E-state index contributed by atoms with van der Waals surface area (Å²) in [6, 6.07) is 0.171. The van der Waals surface area contributed by atoms with Crippen LogP contribution in [0.25, 0.3) is 0 Å². The molecule has 0 spiro atoms. The summed E-state index contributed by atoms with van der Waals surface area (Å²) in [7, 11) is 0. The Morgan fingerprint density at radius 1 is 1.25 bits per heavy atom. The molecule has 0 aromatic carbocycles. The van der Waals surface area contributed by atoms with Crippen molar-refractivity contribution in [3.63, 3.8) is 0 Å². The summed E-state index contributed by atoms with van der Waals surface area (Å²) in [6.45, 7) is 21.8. The number of rotatable bonds is 10. The van der Waals surface area contributed by atoms with Gasteiger partial charge in [0.05, 0.1) is 18.1 Å². The Hall–Kier alpha value is -2.26. The molecule has 0 saturated carbocycles. The third-order valence-electron chi connectivity index (χ3n) is 6.33. The number of ether oxygens (including phenoxy) is 2. The van der Waals surface area contributed by atoms with Gasteiger partial charge in [-0.25, -0.2) is 4.99 Å². The number of aliphatic imine (C=N–C) groups is 1. The van der Waals surface area contributed by atoms with Gasteiger partial charge in [0.1, 0.15) is 6.34 Å². The fraction of sp³-hybridized carbons (Fsp3) is 0.692. The second-order valence-corrected chi connectivity index (χ2v) is 11.2. The molecule has 1 unspecified atom stereocenters. The van der Waals surface area contributed by atoms with Crippen LogP contribution in [0.4, 0.5) is 0 Å². The topological polar surface area (TPSA) is 88.8 Å². The molecule has 2 N–H and O–H groups in total. The molecule has 0 aromatic heterocycles. The highest BCUT2D eigenvalue weighted by Gasteiger charge is 2.24. The zero-order chi connectivity index (χ0) is 26.4. The van der Waals surface area contributed by atoms with E-state index >= 15 is 0 Å². The van der Waals surface area contributed by atoms with Crippen molar-refractivity contribution in [2.45, 2.75) is 41.0 Å². The molecule has 0 radical (unpaired) electrons. The first-order valence-corrected chi connectivity index (χ1v) is 13.8. The van der Waals surface area contributed by atoms with E-state index in [2.05, 4.69) is 67.3 Å². The van der Waals surface area contributed by atoms with Gasteiger partial charge in [0.25, 0.3) is 6.02 Å². The van der Waals surface area contributed by atoms with Crippen LogP contribution in [-0.4, -0.2) is 97.7 Å². The van der Waals surface area contributed by atoms with Crippen molar-refractivity contribution in [2.24, 2.45) is 21.4 Å². The van der Waals surface area contributed by atoms with Crippen molar-refractivity contribution < 1.29 is 9.47 Å². The van der Waals surface area contributed by atoms with E-state index < -0.39 is 0 Å². The quantitative estimate of drug-likeness (QED) is 0.149. The first-order chi connectivity index (χ1) is 17.3. The summed E-state index contributed by atoms with van der Waals surface area (Å²) in [4.78, 5) is 11.7. The highest BCUT2D eigenvalue weighted by atomic mass is 32.2. The van der Waals surface area contributed by atoms with Crippen LogP contribution in [0.15, 0.2) is 39.7 Å². The molecule has 2 aliphatic rings. The summed E-state index contributed by atoms with van der Waals surface area (Å²) in [6.07, 6.45) is 6.41. The number of amidine groups is 2. The third-order valence-corrected chi connectivity index (χ3v) is 7.23. The van der Waals surface area contributed by atoms with Crippen molar-refractivity contribution >= 4 is 30.0 Å². The fourth-order valence-electron chi connectivity index (χ4n) is 3.43. The lowest BCUT2D eigenvalue weighted by Crippen LogP contribution is -2.42. The highest BCUT2D eigenvalue weighted by Crippen LogP contribution is 2.25. The molecule has 36 heavy (non-hydrogen) atoms. The lowest BCUT2D eigenvalue weighted by Gasteiger charge is -2.33. The van der Waals surface area contributed by atoms with E-state index in [1.807, 2.05) is 22.2 Å². The molecule has 9 nitrogen and oxygen atoms in total. The summed E-state index contributed by atoms with van der Waals surface area (Å²) < 4.78 is 11.3. The predicted octanol–water partition coefficient (Wildman–Crippen LogP) is 3.78. The van der Waals surface area contributed by atoms with Crippen LogP contribution in [0, 0.1) is 16.7 Å². The Balaban J connectivity index is 1.94. The molecule has 0 amide bonds. The molecule has 10 heteroatoms. The zero-order valence-corrected chi connectivity index (χ0v) is 23.6. The first-order valence-electron chi connectivity index (χ1n) is 12.8. The Morgan fingerprint density at radius 2 is 2.00 bits per heavy atom. The molecule has 2 aliphatic heterocycles. The van der Waals surface area contributed by atoms with Crippen molar-refractivity contribution in [1.82, 2.24) is 20.1 Å². The minimum absolute atomic E-state index is 0.142. The number of nitrogens with zero attached hydrogens (tertiary/aromatic N) is 5. The van der Waals surface area contributed by atoms with E-state index in [1.165, 1.54) is 0 Å². The summed E-state index contributed by atoms with van der Waals surface area (Å²) in [5.41, 5.74) is 6.26. The molecule has 1 fully saturated rings. The SMILES string of the molecule is C=C=C(SCC)C(=N/C=N\NCCN1CCCOCC1)N1C=CN(C(=N)OCC(C)C(C)(C)C)CC1. The molecule has 2 rings (SSSR count). The third kappa shape index (κ3) is 10.4. The maximum Gasteiger partial charge on any atom is 0.288 e. The Morgan fingerprint density at radius 3 is 2.67 bits per heavy atom. The fourth-order valence-corrected chi connectivity index (χ4v) is 4.12. The second-order valence-electron chi connectivity index (χ2n) is 9.92. The molecule has 0 bridgehead atoms. The Bertz CT molecular complexity index is 823. The minimum Gasteiger partial charge on any atom is -0.465 e. The largest absolute Gasteiger partial charge is 0.465 e. The van der Waals surface area contributed by atoms with Gasteiger partial charge in [-0.15, -0.1) is 17.5 Å².